The largest absolute Gasteiger partial charge is 0.495 e. The van der Waals surface area contributed by atoms with Crippen LogP contribution in [0, 0.1) is 10.1 Å². The van der Waals surface area contributed by atoms with E-state index in [9.17, 15) is 18.5 Å². The van der Waals surface area contributed by atoms with E-state index in [1.165, 1.54) is 7.11 Å². The predicted molar refractivity (Wildman–Crippen MR) is 117 cm³/mol. The molecule has 11 heteroatoms. The number of hydrogen-bond acceptors (Lipinski definition) is 6. The van der Waals surface area contributed by atoms with E-state index in [1.807, 2.05) is 18.2 Å². The summed E-state index contributed by atoms with van der Waals surface area (Å²) in [5.41, 5.74) is 1.96. The van der Waals surface area contributed by atoms with Crippen LogP contribution in [0.15, 0.2) is 65.6 Å². The molecule has 0 amide bonds. The minimum atomic E-state index is -4.07. The van der Waals surface area contributed by atoms with Crippen molar-refractivity contribution in [3.8, 4) is 17.1 Å². The Hall–Kier alpha value is -3.63. The van der Waals surface area contributed by atoms with Gasteiger partial charge >= 0.3 is 0 Å². The fraction of sp³-hybridized carbons (Fsp3) is 0.0500. The fourth-order valence-corrected chi connectivity index (χ4v) is 4.48. The maximum Gasteiger partial charge on any atom is 0.273 e. The summed E-state index contributed by atoms with van der Waals surface area (Å²) in [6, 6.07) is 15.3. The molecule has 0 aliphatic heterocycles. The average Bonchev–Trinajstić information content (AvgIpc) is 3.16. The van der Waals surface area contributed by atoms with Gasteiger partial charge in [0.2, 0.25) is 0 Å². The smallest absolute Gasteiger partial charge is 0.273 e. The third-order valence-corrected chi connectivity index (χ3v) is 6.26. The molecular formula is C20H15ClN4O5S. The molecule has 158 valence electrons. The van der Waals surface area contributed by atoms with Crippen LogP contribution < -0.4 is 9.46 Å². The fourth-order valence-electron chi connectivity index (χ4n) is 3.06. The highest BCUT2D eigenvalue weighted by Gasteiger charge is 2.23. The number of ether oxygens (including phenoxy) is 1. The maximum atomic E-state index is 12.9. The molecule has 3 aromatic carbocycles. The summed E-state index contributed by atoms with van der Waals surface area (Å²) >= 11 is 6.23. The second kappa shape index (κ2) is 7.89. The number of fused-ring (bicyclic) bond motifs is 1. The zero-order valence-corrected chi connectivity index (χ0v) is 17.6. The van der Waals surface area contributed by atoms with Gasteiger partial charge in [-0.1, -0.05) is 23.7 Å². The van der Waals surface area contributed by atoms with Gasteiger partial charge in [-0.2, -0.15) is 0 Å². The summed E-state index contributed by atoms with van der Waals surface area (Å²) in [7, 11) is -2.83. The van der Waals surface area contributed by atoms with Crippen molar-refractivity contribution in [2.24, 2.45) is 0 Å². The number of anilines is 1. The first-order valence-corrected chi connectivity index (χ1v) is 10.7. The SMILES string of the molecule is COc1cc([N+](=O)[O-])ccc1S(=O)(=O)Nc1ccc2nc(-c3ccccc3Cl)[nH]c2c1. The van der Waals surface area contributed by atoms with E-state index in [-0.39, 0.29) is 22.0 Å². The molecule has 0 radical (unpaired) electrons. The number of hydrogen-bond donors (Lipinski definition) is 2. The van der Waals surface area contributed by atoms with Gasteiger partial charge in [0, 0.05) is 11.6 Å². The predicted octanol–water partition coefficient (Wildman–Crippen LogP) is 4.60. The first kappa shape index (κ1) is 20.6. The van der Waals surface area contributed by atoms with Crippen LogP contribution in [0.3, 0.4) is 0 Å². The lowest BCUT2D eigenvalue weighted by Gasteiger charge is -2.11. The van der Waals surface area contributed by atoms with Gasteiger partial charge in [-0.05, 0) is 36.4 Å². The van der Waals surface area contributed by atoms with E-state index in [4.69, 9.17) is 16.3 Å². The lowest BCUT2D eigenvalue weighted by Crippen LogP contribution is -2.14. The summed E-state index contributed by atoms with van der Waals surface area (Å²) in [5.74, 6) is 0.419. The van der Waals surface area contributed by atoms with Crippen LogP contribution in [-0.4, -0.2) is 30.4 Å². The molecule has 31 heavy (non-hydrogen) atoms. The van der Waals surface area contributed by atoms with Crippen molar-refractivity contribution in [2.75, 3.05) is 11.8 Å². The molecule has 0 aliphatic rings. The Labute approximate surface area is 181 Å². The summed E-state index contributed by atoms with van der Waals surface area (Å²) in [4.78, 5) is 17.7. The third kappa shape index (κ3) is 4.03. The van der Waals surface area contributed by atoms with Crippen LogP contribution in [0.1, 0.15) is 0 Å². The molecule has 2 N–H and O–H groups in total. The van der Waals surface area contributed by atoms with Crippen molar-refractivity contribution in [3.63, 3.8) is 0 Å². The van der Waals surface area contributed by atoms with Crippen LogP contribution in [0.2, 0.25) is 5.02 Å². The first-order chi connectivity index (χ1) is 14.8. The Morgan fingerprint density at radius 2 is 1.90 bits per heavy atom. The molecule has 0 unspecified atom stereocenters. The van der Waals surface area contributed by atoms with E-state index >= 15 is 0 Å². The topological polar surface area (TPSA) is 127 Å². The van der Waals surface area contributed by atoms with Crippen molar-refractivity contribution in [1.82, 2.24) is 9.97 Å². The van der Waals surface area contributed by atoms with E-state index in [0.29, 0.717) is 21.9 Å². The molecule has 0 bridgehead atoms. The molecule has 0 atom stereocenters. The molecule has 0 saturated carbocycles. The molecule has 4 aromatic rings. The Balaban J connectivity index is 1.68. The number of H-pyrrole nitrogens is 1. The van der Waals surface area contributed by atoms with Gasteiger partial charge in [0.15, 0.2) is 0 Å². The number of methoxy groups -OCH3 is 1. The lowest BCUT2D eigenvalue weighted by molar-refractivity contribution is -0.385. The molecule has 0 saturated heterocycles. The minimum Gasteiger partial charge on any atom is -0.495 e. The summed E-state index contributed by atoms with van der Waals surface area (Å²) in [6.45, 7) is 0. The van der Waals surface area contributed by atoms with E-state index in [1.54, 1.807) is 24.3 Å². The van der Waals surface area contributed by atoms with E-state index in [0.717, 1.165) is 23.8 Å². The molecular weight excluding hydrogens is 444 g/mol. The van der Waals surface area contributed by atoms with Crippen molar-refractivity contribution in [3.05, 3.63) is 75.8 Å². The maximum absolute atomic E-state index is 12.9. The van der Waals surface area contributed by atoms with Crippen LogP contribution >= 0.6 is 11.6 Å². The van der Waals surface area contributed by atoms with Gasteiger partial charge in [-0.3, -0.25) is 14.8 Å². The van der Waals surface area contributed by atoms with Crippen LogP contribution in [0.4, 0.5) is 11.4 Å². The molecule has 9 nitrogen and oxygen atoms in total. The number of nitro benzene ring substituents is 1. The normalized spacial score (nSPS) is 11.4. The zero-order chi connectivity index (χ0) is 22.2. The van der Waals surface area contributed by atoms with Gasteiger partial charge < -0.3 is 9.72 Å². The molecule has 4 rings (SSSR count). The number of non-ortho nitro benzene ring substituents is 1. The number of nitrogens with zero attached hydrogens (tertiary/aromatic N) is 2. The summed E-state index contributed by atoms with van der Waals surface area (Å²) in [6.07, 6.45) is 0. The molecule has 0 fully saturated rings. The van der Waals surface area contributed by atoms with Gasteiger partial charge in [0.25, 0.3) is 15.7 Å². The van der Waals surface area contributed by atoms with Crippen LogP contribution in [0.5, 0.6) is 5.75 Å². The van der Waals surface area contributed by atoms with E-state index in [2.05, 4.69) is 14.7 Å². The Morgan fingerprint density at radius 1 is 1.13 bits per heavy atom. The second-order valence-corrected chi connectivity index (χ2v) is 8.55. The number of halogens is 1. The van der Waals surface area contributed by atoms with Crippen LogP contribution in [0.25, 0.3) is 22.4 Å². The quantitative estimate of drug-likeness (QED) is 0.321. The Morgan fingerprint density at radius 3 is 2.61 bits per heavy atom. The number of imidazole rings is 1. The van der Waals surface area contributed by atoms with Gasteiger partial charge in [-0.25, -0.2) is 13.4 Å². The van der Waals surface area contributed by atoms with Crippen LogP contribution in [-0.2, 0) is 10.0 Å². The number of rotatable bonds is 6. The number of sulfonamides is 1. The zero-order valence-electron chi connectivity index (χ0n) is 16.0. The highest BCUT2D eigenvalue weighted by molar-refractivity contribution is 7.92. The van der Waals surface area contributed by atoms with Crippen molar-refractivity contribution in [2.45, 2.75) is 4.90 Å². The number of nitro groups is 1. The lowest BCUT2D eigenvalue weighted by atomic mass is 10.2. The highest BCUT2D eigenvalue weighted by Crippen LogP contribution is 2.31. The summed E-state index contributed by atoms with van der Waals surface area (Å²) in [5, 5.41) is 11.5. The standard InChI is InChI=1S/C20H15ClN4O5S/c1-30-18-11-13(25(26)27)7-9-19(18)31(28,29)24-12-6-8-16-17(10-12)23-20(22-16)14-4-2-3-5-15(14)21/h2-11,24H,1H3,(H,22,23). The monoisotopic (exact) mass is 458 g/mol. The molecule has 1 heterocycles. The number of benzene rings is 3. The minimum absolute atomic E-state index is 0.134. The molecule has 0 aliphatic carbocycles. The number of aromatic amines is 1. The van der Waals surface area contributed by atoms with E-state index < -0.39 is 14.9 Å². The number of nitrogens with one attached hydrogen (secondary N) is 2. The first-order valence-electron chi connectivity index (χ1n) is 8.88. The highest BCUT2D eigenvalue weighted by atomic mass is 35.5. The third-order valence-electron chi connectivity index (χ3n) is 4.51. The second-order valence-electron chi connectivity index (χ2n) is 6.49. The van der Waals surface area contributed by atoms with Crippen molar-refractivity contribution < 1.29 is 18.1 Å². The van der Waals surface area contributed by atoms with Crippen molar-refractivity contribution in [1.29, 1.82) is 0 Å². The summed E-state index contributed by atoms with van der Waals surface area (Å²) < 4.78 is 33.2. The molecule has 0 spiro atoms. The molecule has 1 aromatic heterocycles. The average molecular weight is 459 g/mol. The van der Waals surface area contributed by atoms with Crippen molar-refractivity contribution >= 4 is 44.0 Å². The number of aromatic nitrogens is 2. The Bertz CT molecular complexity index is 1420. The van der Waals surface area contributed by atoms with Gasteiger partial charge in [0.05, 0.1) is 39.8 Å². The van der Waals surface area contributed by atoms with Gasteiger partial charge in [0.1, 0.15) is 16.5 Å². The Kier molecular flexibility index (Phi) is 5.25. The van der Waals surface area contributed by atoms with Gasteiger partial charge in [-0.15, -0.1) is 0 Å².